The zero-order valence-electron chi connectivity index (χ0n) is 18.5. The number of amides is 2. The topological polar surface area (TPSA) is 58.4 Å². The summed E-state index contributed by atoms with van der Waals surface area (Å²) in [6.07, 6.45) is 7.59. The van der Waals surface area contributed by atoms with Crippen molar-refractivity contribution < 1.29 is 9.59 Å². The molecule has 0 aliphatic carbocycles. The van der Waals surface area contributed by atoms with Crippen LogP contribution in [-0.2, 0) is 9.59 Å². The maximum Gasteiger partial charge on any atom is 0.233 e. The van der Waals surface area contributed by atoms with Gasteiger partial charge in [0.2, 0.25) is 11.8 Å². The molecule has 6 nitrogen and oxygen atoms in total. The summed E-state index contributed by atoms with van der Waals surface area (Å²) in [4.78, 5) is 34.1. The van der Waals surface area contributed by atoms with E-state index in [1.807, 2.05) is 27.8 Å². The van der Waals surface area contributed by atoms with E-state index in [4.69, 9.17) is 0 Å². The highest BCUT2D eigenvalue weighted by Gasteiger charge is 2.31. The van der Waals surface area contributed by atoms with Gasteiger partial charge in [-0.25, -0.2) is 4.98 Å². The maximum atomic E-state index is 12.9. The second-order valence-electron chi connectivity index (χ2n) is 8.84. The fourth-order valence-corrected chi connectivity index (χ4v) is 5.52. The first-order valence-corrected chi connectivity index (χ1v) is 12.3. The number of thioether (sulfide) groups is 1. The smallest absolute Gasteiger partial charge is 0.233 e. The van der Waals surface area contributed by atoms with Crippen molar-refractivity contribution in [1.82, 2.24) is 19.4 Å². The van der Waals surface area contributed by atoms with Crippen LogP contribution >= 0.6 is 11.8 Å². The predicted octanol–water partition coefficient (Wildman–Crippen LogP) is 3.77. The lowest BCUT2D eigenvalue weighted by Gasteiger charge is -2.37. The fourth-order valence-electron chi connectivity index (χ4n) is 4.65. The number of para-hydroxylation sites is 1. The van der Waals surface area contributed by atoms with E-state index in [1.54, 1.807) is 6.20 Å². The van der Waals surface area contributed by atoms with Gasteiger partial charge in [0.1, 0.15) is 0 Å². The first-order valence-electron chi connectivity index (χ1n) is 11.3. The minimum absolute atomic E-state index is 0.0713. The molecule has 0 bridgehead atoms. The van der Waals surface area contributed by atoms with Crippen LogP contribution in [0.25, 0.3) is 5.69 Å². The molecule has 3 heterocycles. The molecule has 0 spiro atoms. The summed E-state index contributed by atoms with van der Waals surface area (Å²) >= 11 is 1.47. The van der Waals surface area contributed by atoms with E-state index in [9.17, 15) is 9.59 Å². The standard InChI is InChI=1S/C24H32N4O2S/c1-18-6-5-12-27(16-18)23(30)20-9-13-26(14-10-20)22(29)17-31-24-25-11-15-28(24)21-8-4-3-7-19(21)2/h3-4,7-8,11,15,18,20H,5-6,9-10,12-14,16-17H2,1-2H3. The molecular formula is C24H32N4O2S. The lowest BCUT2D eigenvalue weighted by molar-refractivity contribution is -0.141. The molecule has 1 aromatic carbocycles. The summed E-state index contributed by atoms with van der Waals surface area (Å²) in [6.45, 7) is 7.43. The first-order chi connectivity index (χ1) is 15.0. The highest BCUT2D eigenvalue weighted by atomic mass is 32.2. The Morgan fingerprint density at radius 1 is 1.10 bits per heavy atom. The number of imidazole rings is 1. The van der Waals surface area contributed by atoms with Gasteiger partial charge in [0.15, 0.2) is 5.16 Å². The predicted molar refractivity (Wildman–Crippen MR) is 123 cm³/mol. The Labute approximate surface area is 189 Å². The maximum absolute atomic E-state index is 12.9. The Bertz CT molecular complexity index is 920. The molecule has 2 saturated heterocycles. The van der Waals surface area contributed by atoms with Crippen molar-refractivity contribution in [3.8, 4) is 5.69 Å². The Hall–Kier alpha value is -2.28. The molecule has 1 unspecified atom stereocenters. The number of carbonyl (C=O) groups excluding carboxylic acids is 2. The summed E-state index contributed by atoms with van der Waals surface area (Å²) in [5.74, 6) is 1.46. The van der Waals surface area contributed by atoms with Crippen LogP contribution in [0.3, 0.4) is 0 Å². The average molecular weight is 441 g/mol. The number of aromatic nitrogens is 2. The summed E-state index contributed by atoms with van der Waals surface area (Å²) < 4.78 is 2.04. The van der Waals surface area contributed by atoms with E-state index in [-0.39, 0.29) is 11.8 Å². The van der Waals surface area contributed by atoms with Gasteiger partial charge < -0.3 is 9.80 Å². The van der Waals surface area contributed by atoms with E-state index in [2.05, 4.69) is 35.9 Å². The second-order valence-corrected chi connectivity index (χ2v) is 9.78. The monoisotopic (exact) mass is 440 g/mol. The molecule has 2 aliphatic rings. The molecular weight excluding hydrogens is 408 g/mol. The molecule has 2 fully saturated rings. The van der Waals surface area contributed by atoms with Crippen LogP contribution in [0.5, 0.6) is 0 Å². The number of piperidine rings is 2. The van der Waals surface area contributed by atoms with Crippen molar-refractivity contribution >= 4 is 23.6 Å². The average Bonchev–Trinajstić information content (AvgIpc) is 3.26. The molecule has 2 aromatic rings. The Morgan fingerprint density at radius 2 is 1.87 bits per heavy atom. The van der Waals surface area contributed by atoms with Crippen molar-refractivity contribution in [2.24, 2.45) is 11.8 Å². The Morgan fingerprint density at radius 3 is 2.61 bits per heavy atom. The van der Waals surface area contributed by atoms with E-state index >= 15 is 0 Å². The number of carbonyl (C=O) groups is 2. The van der Waals surface area contributed by atoms with Crippen LogP contribution in [0.15, 0.2) is 41.8 Å². The molecule has 31 heavy (non-hydrogen) atoms. The zero-order valence-corrected chi connectivity index (χ0v) is 19.3. The fraction of sp³-hybridized carbons (Fsp3) is 0.542. The highest BCUT2D eigenvalue weighted by molar-refractivity contribution is 7.99. The normalized spacial score (nSPS) is 20.1. The quantitative estimate of drug-likeness (QED) is 0.664. The third-order valence-electron chi connectivity index (χ3n) is 6.47. The number of benzene rings is 1. The number of rotatable bonds is 5. The van der Waals surface area contributed by atoms with Crippen LogP contribution in [0.2, 0.25) is 0 Å². The largest absolute Gasteiger partial charge is 0.342 e. The number of likely N-dealkylation sites (tertiary alicyclic amines) is 2. The number of hydrogen-bond acceptors (Lipinski definition) is 4. The van der Waals surface area contributed by atoms with Crippen molar-refractivity contribution in [1.29, 1.82) is 0 Å². The van der Waals surface area contributed by atoms with Crippen molar-refractivity contribution in [3.05, 3.63) is 42.2 Å². The summed E-state index contributed by atoms with van der Waals surface area (Å²) in [5, 5.41) is 0.826. The van der Waals surface area contributed by atoms with Gasteiger partial charge in [0.05, 0.1) is 11.4 Å². The van der Waals surface area contributed by atoms with Gasteiger partial charge in [-0.05, 0) is 50.2 Å². The van der Waals surface area contributed by atoms with Gasteiger partial charge in [-0.2, -0.15) is 0 Å². The number of hydrogen-bond donors (Lipinski definition) is 0. The first kappa shape index (κ1) is 21.9. The Kier molecular flexibility index (Phi) is 7.00. The molecule has 1 atom stereocenters. The van der Waals surface area contributed by atoms with Gasteiger partial charge >= 0.3 is 0 Å². The van der Waals surface area contributed by atoms with E-state index in [1.165, 1.54) is 23.7 Å². The summed E-state index contributed by atoms with van der Waals surface area (Å²) in [6, 6.07) is 8.17. The zero-order chi connectivity index (χ0) is 21.8. The molecule has 166 valence electrons. The van der Waals surface area contributed by atoms with Crippen LogP contribution < -0.4 is 0 Å². The third kappa shape index (κ3) is 5.14. The van der Waals surface area contributed by atoms with Gasteiger partial charge in [-0.1, -0.05) is 36.9 Å². The molecule has 4 rings (SSSR count). The second kappa shape index (κ2) is 9.90. The molecule has 0 N–H and O–H groups in total. The molecule has 2 amide bonds. The third-order valence-corrected chi connectivity index (χ3v) is 7.42. The van der Waals surface area contributed by atoms with E-state index in [0.29, 0.717) is 30.7 Å². The Balaban J connectivity index is 1.28. The van der Waals surface area contributed by atoms with Crippen LogP contribution in [-0.4, -0.2) is 63.1 Å². The van der Waals surface area contributed by atoms with Gasteiger partial charge in [0.25, 0.3) is 0 Å². The minimum atomic E-state index is 0.0713. The van der Waals surface area contributed by atoms with E-state index in [0.717, 1.165) is 43.2 Å². The summed E-state index contributed by atoms with van der Waals surface area (Å²) in [7, 11) is 0. The van der Waals surface area contributed by atoms with Gasteiger partial charge in [-0.3, -0.25) is 14.2 Å². The van der Waals surface area contributed by atoms with Crippen LogP contribution in [0.1, 0.15) is 38.2 Å². The lowest BCUT2D eigenvalue weighted by Crippen LogP contribution is -2.47. The van der Waals surface area contributed by atoms with Crippen molar-refractivity contribution in [2.75, 3.05) is 31.9 Å². The SMILES string of the molecule is Cc1ccccc1-n1ccnc1SCC(=O)N1CCC(C(=O)N2CCCC(C)C2)CC1. The summed E-state index contributed by atoms with van der Waals surface area (Å²) in [5.41, 5.74) is 2.25. The number of nitrogens with zero attached hydrogens (tertiary/aromatic N) is 4. The van der Waals surface area contributed by atoms with Crippen LogP contribution in [0, 0.1) is 18.8 Å². The number of aryl methyl sites for hydroxylation is 1. The molecule has 7 heteroatoms. The highest BCUT2D eigenvalue weighted by Crippen LogP contribution is 2.26. The van der Waals surface area contributed by atoms with E-state index < -0.39 is 0 Å². The van der Waals surface area contributed by atoms with Gasteiger partial charge in [0, 0.05) is 44.5 Å². The molecule has 1 aromatic heterocycles. The van der Waals surface area contributed by atoms with Crippen molar-refractivity contribution in [2.45, 2.75) is 44.7 Å². The molecule has 0 saturated carbocycles. The van der Waals surface area contributed by atoms with Gasteiger partial charge in [-0.15, -0.1) is 0 Å². The molecule has 0 radical (unpaired) electrons. The minimum Gasteiger partial charge on any atom is -0.342 e. The molecule has 2 aliphatic heterocycles. The lowest BCUT2D eigenvalue weighted by atomic mass is 9.93. The van der Waals surface area contributed by atoms with Crippen LogP contribution in [0.4, 0.5) is 0 Å². The van der Waals surface area contributed by atoms with Crippen molar-refractivity contribution in [3.63, 3.8) is 0 Å².